The maximum atomic E-state index is 12.5. The van der Waals surface area contributed by atoms with Crippen molar-refractivity contribution in [1.82, 2.24) is 19.7 Å². The maximum Gasteiger partial charge on any atom is 0.196 e. The molecular weight excluding hydrogens is 415 g/mol. The van der Waals surface area contributed by atoms with Crippen LogP contribution in [0, 0.1) is 0 Å². The van der Waals surface area contributed by atoms with Crippen LogP contribution in [0.2, 0.25) is 10.0 Å². The molecule has 1 aliphatic rings. The molecule has 5 nitrogen and oxygen atoms in total. The first kappa shape index (κ1) is 19.4. The quantitative estimate of drug-likeness (QED) is 0.499. The molecule has 0 radical (unpaired) electrons. The molecule has 0 bridgehead atoms. The third-order valence-electron chi connectivity index (χ3n) is 4.73. The van der Waals surface area contributed by atoms with Gasteiger partial charge in [-0.3, -0.25) is 14.3 Å². The van der Waals surface area contributed by atoms with Crippen molar-refractivity contribution >= 4 is 40.7 Å². The van der Waals surface area contributed by atoms with Crippen LogP contribution in [0.3, 0.4) is 0 Å². The summed E-state index contributed by atoms with van der Waals surface area (Å²) in [5.41, 5.74) is 1.68. The van der Waals surface area contributed by atoms with Crippen molar-refractivity contribution in [1.29, 1.82) is 0 Å². The Labute approximate surface area is 177 Å². The molecule has 0 amide bonds. The van der Waals surface area contributed by atoms with Gasteiger partial charge >= 0.3 is 0 Å². The Morgan fingerprint density at radius 3 is 2.61 bits per heavy atom. The minimum atomic E-state index is -0.0986. The zero-order chi connectivity index (χ0) is 19.5. The van der Waals surface area contributed by atoms with Crippen LogP contribution in [0.4, 0.5) is 0 Å². The van der Waals surface area contributed by atoms with E-state index in [9.17, 15) is 4.79 Å². The molecule has 0 saturated heterocycles. The van der Waals surface area contributed by atoms with Gasteiger partial charge in [0.25, 0.3) is 0 Å². The van der Waals surface area contributed by atoms with Gasteiger partial charge in [-0.2, -0.15) is 0 Å². The van der Waals surface area contributed by atoms with Gasteiger partial charge in [0.15, 0.2) is 11.0 Å². The Morgan fingerprint density at radius 2 is 1.82 bits per heavy atom. The molecule has 4 rings (SSSR count). The Bertz CT molecular complexity index is 993. The van der Waals surface area contributed by atoms with E-state index >= 15 is 0 Å². The van der Waals surface area contributed by atoms with E-state index in [1.807, 2.05) is 22.8 Å². The monoisotopic (exact) mass is 432 g/mol. The lowest BCUT2D eigenvalue weighted by atomic mass is 10.2. The number of hydrogen-bond acceptors (Lipinski definition) is 5. The van der Waals surface area contributed by atoms with Crippen LogP contribution >= 0.6 is 35.0 Å². The van der Waals surface area contributed by atoms with Gasteiger partial charge in [0.1, 0.15) is 5.78 Å². The largest absolute Gasteiger partial charge is 0.298 e. The van der Waals surface area contributed by atoms with Gasteiger partial charge in [0, 0.05) is 24.4 Å². The van der Waals surface area contributed by atoms with Crippen molar-refractivity contribution in [2.45, 2.75) is 42.5 Å². The van der Waals surface area contributed by atoms with E-state index in [4.69, 9.17) is 23.2 Å². The normalized spacial score (nSPS) is 17.5. The lowest BCUT2D eigenvalue weighted by Gasteiger charge is -2.15. The summed E-state index contributed by atoms with van der Waals surface area (Å²) in [5.74, 6) is 0.959. The van der Waals surface area contributed by atoms with Crippen molar-refractivity contribution < 1.29 is 4.79 Å². The summed E-state index contributed by atoms with van der Waals surface area (Å²) in [6, 6.07) is 9.17. The SMILES string of the molecule is O=C1CCCCC[C@H]1Sc1nnc(-c2ccncc2)n1-c1ccc(Cl)c(Cl)c1. The highest BCUT2D eigenvalue weighted by Crippen LogP contribution is 2.35. The fourth-order valence-corrected chi connectivity index (χ4v) is 4.74. The molecule has 3 aromatic rings. The lowest BCUT2D eigenvalue weighted by Crippen LogP contribution is -2.16. The van der Waals surface area contributed by atoms with Crippen LogP contribution in [0.25, 0.3) is 17.1 Å². The fraction of sp³-hybridized carbons (Fsp3) is 0.300. The predicted octanol–water partition coefficient (Wildman–Crippen LogP) is 5.63. The van der Waals surface area contributed by atoms with E-state index in [1.165, 1.54) is 11.8 Å². The van der Waals surface area contributed by atoms with Crippen LogP contribution in [-0.2, 0) is 4.79 Å². The smallest absolute Gasteiger partial charge is 0.196 e. The zero-order valence-corrected chi connectivity index (χ0v) is 17.3. The summed E-state index contributed by atoms with van der Waals surface area (Å²) in [4.78, 5) is 16.6. The standard InChI is InChI=1S/C20H18Cl2N4OS/c21-15-7-6-14(12-16(15)22)26-19(13-8-10-23-11-9-13)24-25-20(26)28-18-5-3-1-2-4-17(18)27/h6-12,18H,1-5H2/t18-/m1/s1. The van der Waals surface area contributed by atoms with Crippen molar-refractivity contribution in [3.8, 4) is 17.1 Å². The molecule has 1 atom stereocenters. The molecular formula is C20H18Cl2N4OS. The third kappa shape index (κ3) is 4.09. The average Bonchev–Trinajstić information content (AvgIpc) is 3.02. The van der Waals surface area contributed by atoms with E-state index in [0.29, 0.717) is 27.4 Å². The van der Waals surface area contributed by atoms with Crippen LogP contribution in [0.5, 0.6) is 0 Å². The number of carbonyl (C=O) groups excluding carboxylic acids is 1. The summed E-state index contributed by atoms with van der Waals surface area (Å²) in [7, 11) is 0. The highest BCUT2D eigenvalue weighted by atomic mass is 35.5. The molecule has 28 heavy (non-hydrogen) atoms. The molecule has 2 heterocycles. The second-order valence-corrected chi connectivity index (χ2v) is 8.63. The molecule has 1 aliphatic carbocycles. The van der Waals surface area contributed by atoms with Gasteiger partial charge < -0.3 is 0 Å². The summed E-state index contributed by atoms with van der Waals surface area (Å²) in [6.45, 7) is 0. The predicted molar refractivity (Wildman–Crippen MR) is 112 cm³/mol. The molecule has 0 unspecified atom stereocenters. The summed E-state index contributed by atoms with van der Waals surface area (Å²) < 4.78 is 1.93. The highest BCUT2D eigenvalue weighted by Gasteiger charge is 2.26. The van der Waals surface area contributed by atoms with Crippen molar-refractivity contribution in [3.63, 3.8) is 0 Å². The molecule has 0 spiro atoms. The van der Waals surface area contributed by atoms with Crippen LogP contribution in [0.15, 0.2) is 47.9 Å². The zero-order valence-electron chi connectivity index (χ0n) is 15.0. The third-order valence-corrected chi connectivity index (χ3v) is 6.73. The molecule has 8 heteroatoms. The second-order valence-electron chi connectivity index (χ2n) is 6.65. The number of ketones is 1. The minimum absolute atomic E-state index is 0.0986. The van der Waals surface area contributed by atoms with Crippen LogP contribution < -0.4 is 0 Å². The molecule has 0 N–H and O–H groups in total. The van der Waals surface area contributed by atoms with Crippen molar-refractivity contribution in [3.05, 3.63) is 52.8 Å². The number of Topliss-reactive ketones (excluding diaryl/α,β-unsaturated/α-hetero) is 1. The summed E-state index contributed by atoms with van der Waals surface area (Å²) in [5, 5.41) is 10.3. The summed E-state index contributed by atoms with van der Waals surface area (Å²) >= 11 is 13.8. The summed E-state index contributed by atoms with van der Waals surface area (Å²) in [6.07, 6.45) is 8.05. The number of rotatable bonds is 4. The molecule has 144 valence electrons. The number of benzene rings is 1. The second kappa shape index (κ2) is 8.64. The van der Waals surface area contributed by atoms with Gasteiger partial charge in [-0.05, 0) is 43.2 Å². The Hall–Kier alpha value is -1.89. The van der Waals surface area contributed by atoms with E-state index < -0.39 is 0 Å². The number of hydrogen-bond donors (Lipinski definition) is 0. The first-order valence-corrected chi connectivity index (χ1v) is 10.8. The van der Waals surface area contributed by atoms with Crippen molar-refractivity contribution in [2.75, 3.05) is 0 Å². The van der Waals surface area contributed by atoms with E-state index in [2.05, 4.69) is 15.2 Å². The molecule has 1 aromatic carbocycles. The number of nitrogens with zero attached hydrogens (tertiary/aromatic N) is 4. The minimum Gasteiger partial charge on any atom is -0.298 e. The Morgan fingerprint density at radius 1 is 1.00 bits per heavy atom. The molecule has 1 saturated carbocycles. The number of thioether (sulfide) groups is 1. The number of carbonyl (C=O) groups is 1. The maximum absolute atomic E-state index is 12.5. The van der Waals surface area contributed by atoms with Gasteiger partial charge in [-0.15, -0.1) is 10.2 Å². The van der Waals surface area contributed by atoms with Gasteiger partial charge in [0.2, 0.25) is 0 Å². The van der Waals surface area contributed by atoms with Crippen LogP contribution in [0.1, 0.15) is 32.1 Å². The Kier molecular flexibility index (Phi) is 5.99. The number of pyridine rings is 1. The first-order valence-electron chi connectivity index (χ1n) is 9.14. The van der Waals surface area contributed by atoms with E-state index in [1.54, 1.807) is 24.5 Å². The average molecular weight is 433 g/mol. The fourth-order valence-electron chi connectivity index (χ4n) is 3.27. The number of aromatic nitrogens is 4. The molecule has 0 aliphatic heterocycles. The van der Waals surface area contributed by atoms with Crippen molar-refractivity contribution in [2.24, 2.45) is 0 Å². The van der Waals surface area contributed by atoms with Gasteiger partial charge in [-0.25, -0.2) is 0 Å². The lowest BCUT2D eigenvalue weighted by molar-refractivity contribution is -0.118. The topological polar surface area (TPSA) is 60.7 Å². The molecule has 2 aromatic heterocycles. The van der Waals surface area contributed by atoms with Gasteiger partial charge in [-0.1, -0.05) is 47.8 Å². The van der Waals surface area contributed by atoms with Gasteiger partial charge in [0.05, 0.1) is 21.0 Å². The number of halogens is 2. The molecule has 1 fully saturated rings. The van der Waals surface area contributed by atoms with E-state index in [0.717, 1.165) is 36.9 Å². The highest BCUT2D eigenvalue weighted by molar-refractivity contribution is 8.00. The van der Waals surface area contributed by atoms with Crippen LogP contribution in [-0.4, -0.2) is 30.8 Å². The van der Waals surface area contributed by atoms with E-state index in [-0.39, 0.29) is 11.0 Å². The Balaban J connectivity index is 1.79. The first-order chi connectivity index (χ1) is 13.6.